The Kier molecular flexibility index (Phi) is 5.23. The number of tetrazole rings is 1. The lowest BCUT2D eigenvalue weighted by Gasteiger charge is -2.09. The molecule has 0 aliphatic rings. The molecule has 0 saturated carbocycles. The molecule has 6 nitrogen and oxygen atoms in total. The summed E-state index contributed by atoms with van der Waals surface area (Å²) in [7, 11) is 0. The summed E-state index contributed by atoms with van der Waals surface area (Å²) in [5.41, 5.74) is 1.29. The van der Waals surface area contributed by atoms with E-state index in [1.807, 2.05) is 18.2 Å². The van der Waals surface area contributed by atoms with E-state index in [1.54, 1.807) is 0 Å². The van der Waals surface area contributed by atoms with Gasteiger partial charge in [-0.05, 0) is 24.8 Å². The number of carboxylic acid groups (broad SMARTS) is 1. The molecular formula is C14H18N4O2. The van der Waals surface area contributed by atoms with Gasteiger partial charge in [-0.3, -0.25) is 4.79 Å². The van der Waals surface area contributed by atoms with Crippen molar-refractivity contribution in [2.24, 2.45) is 5.92 Å². The number of nitrogens with one attached hydrogen (secondary N) is 1. The van der Waals surface area contributed by atoms with Crippen LogP contribution in [0.5, 0.6) is 0 Å². The lowest BCUT2D eigenvalue weighted by molar-refractivity contribution is -0.142. The molecule has 1 aromatic heterocycles. The Morgan fingerprint density at radius 2 is 2.05 bits per heavy atom. The molecule has 0 unspecified atom stereocenters. The zero-order chi connectivity index (χ0) is 14.2. The first-order valence-corrected chi connectivity index (χ1v) is 6.75. The standard InChI is InChI=1S/C14H18N4O2/c19-14(20)12(10-13-15-17-18-16-13)9-5-4-8-11-6-2-1-3-7-11/h1-3,6-7,12H,4-5,8-10H2,(H,19,20)(H,15,16,17,18)/t12-/m0/s1. The van der Waals surface area contributed by atoms with Crippen molar-refractivity contribution >= 4 is 5.97 Å². The summed E-state index contributed by atoms with van der Waals surface area (Å²) in [6, 6.07) is 10.2. The third-order valence-electron chi connectivity index (χ3n) is 3.28. The smallest absolute Gasteiger partial charge is 0.306 e. The number of carboxylic acids is 1. The fourth-order valence-corrected chi connectivity index (χ4v) is 2.17. The molecule has 0 saturated heterocycles. The van der Waals surface area contributed by atoms with Gasteiger partial charge in [0.1, 0.15) is 0 Å². The number of rotatable bonds is 8. The largest absolute Gasteiger partial charge is 0.481 e. The molecule has 1 atom stereocenters. The number of aromatic amines is 1. The minimum absolute atomic E-state index is 0.331. The van der Waals surface area contributed by atoms with Crippen LogP contribution in [0.3, 0.4) is 0 Å². The third kappa shape index (κ3) is 4.46. The number of H-pyrrole nitrogens is 1. The van der Waals surface area contributed by atoms with Crippen LogP contribution in [0.1, 0.15) is 30.7 Å². The van der Waals surface area contributed by atoms with Crippen LogP contribution >= 0.6 is 0 Å². The van der Waals surface area contributed by atoms with Gasteiger partial charge in [-0.1, -0.05) is 42.0 Å². The summed E-state index contributed by atoms with van der Waals surface area (Å²) in [5.74, 6) is -0.779. The van der Waals surface area contributed by atoms with Gasteiger partial charge in [0.2, 0.25) is 0 Å². The molecule has 106 valence electrons. The highest BCUT2D eigenvalue weighted by Crippen LogP contribution is 2.15. The maximum Gasteiger partial charge on any atom is 0.306 e. The third-order valence-corrected chi connectivity index (χ3v) is 3.28. The van der Waals surface area contributed by atoms with Gasteiger partial charge in [-0.2, -0.15) is 5.21 Å². The van der Waals surface area contributed by atoms with Gasteiger partial charge < -0.3 is 5.11 Å². The molecule has 1 heterocycles. The van der Waals surface area contributed by atoms with Crippen LogP contribution in [0.25, 0.3) is 0 Å². The van der Waals surface area contributed by atoms with E-state index < -0.39 is 11.9 Å². The van der Waals surface area contributed by atoms with Crippen molar-refractivity contribution < 1.29 is 9.90 Å². The predicted molar refractivity (Wildman–Crippen MR) is 73.0 cm³/mol. The second kappa shape index (κ2) is 7.37. The van der Waals surface area contributed by atoms with E-state index in [0.717, 1.165) is 19.3 Å². The van der Waals surface area contributed by atoms with Gasteiger partial charge in [-0.25, -0.2) is 0 Å². The summed E-state index contributed by atoms with van der Waals surface area (Å²) >= 11 is 0. The number of hydrogen-bond donors (Lipinski definition) is 2. The van der Waals surface area contributed by atoms with E-state index in [1.165, 1.54) is 5.56 Å². The van der Waals surface area contributed by atoms with Crippen molar-refractivity contribution in [1.82, 2.24) is 20.6 Å². The van der Waals surface area contributed by atoms with Crippen LogP contribution in [0, 0.1) is 5.92 Å². The summed E-state index contributed by atoms with van der Waals surface area (Å²) in [5, 5.41) is 22.6. The molecule has 2 aromatic rings. The van der Waals surface area contributed by atoms with E-state index in [2.05, 4.69) is 32.8 Å². The van der Waals surface area contributed by atoms with Crippen LogP contribution in [0.2, 0.25) is 0 Å². The first-order valence-electron chi connectivity index (χ1n) is 6.75. The molecule has 2 rings (SSSR count). The molecule has 6 heteroatoms. The minimum atomic E-state index is -0.797. The lowest BCUT2D eigenvalue weighted by Crippen LogP contribution is -2.17. The predicted octanol–water partition coefficient (Wildman–Crippen LogP) is 1.86. The van der Waals surface area contributed by atoms with Gasteiger partial charge in [0.05, 0.1) is 5.92 Å². The van der Waals surface area contributed by atoms with Gasteiger partial charge >= 0.3 is 5.97 Å². The Morgan fingerprint density at radius 3 is 2.70 bits per heavy atom. The maximum atomic E-state index is 11.2. The molecule has 0 aliphatic carbocycles. The molecule has 2 N–H and O–H groups in total. The first kappa shape index (κ1) is 14.2. The minimum Gasteiger partial charge on any atom is -0.481 e. The Morgan fingerprint density at radius 1 is 1.25 bits per heavy atom. The number of unbranched alkanes of at least 4 members (excludes halogenated alkanes) is 1. The highest BCUT2D eigenvalue weighted by atomic mass is 16.4. The Bertz CT molecular complexity index is 513. The summed E-state index contributed by atoms with van der Waals surface area (Å²) < 4.78 is 0. The molecule has 0 radical (unpaired) electrons. The zero-order valence-electron chi connectivity index (χ0n) is 11.2. The molecule has 1 aromatic carbocycles. The van der Waals surface area contributed by atoms with E-state index in [-0.39, 0.29) is 0 Å². The topological polar surface area (TPSA) is 91.8 Å². The zero-order valence-corrected chi connectivity index (χ0v) is 11.2. The SMILES string of the molecule is O=C(O)[C@@H](CCCCc1ccccc1)Cc1nn[nH]n1. The maximum absolute atomic E-state index is 11.2. The monoisotopic (exact) mass is 274 g/mol. The number of aromatic nitrogens is 4. The second-order valence-corrected chi connectivity index (χ2v) is 4.80. The molecule has 0 aliphatic heterocycles. The Hall–Kier alpha value is -2.24. The Labute approximate surface area is 117 Å². The van der Waals surface area contributed by atoms with Crippen molar-refractivity contribution in [3.8, 4) is 0 Å². The first-order chi connectivity index (χ1) is 9.75. The fourth-order valence-electron chi connectivity index (χ4n) is 2.17. The number of nitrogens with zero attached hydrogens (tertiary/aromatic N) is 3. The molecule has 0 spiro atoms. The average Bonchev–Trinajstić information content (AvgIpc) is 2.96. The van der Waals surface area contributed by atoms with Crippen molar-refractivity contribution in [3.63, 3.8) is 0 Å². The summed E-state index contributed by atoms with van der Waals surface area (Å²) in [6.07, 6.45) is 3.81. The van der Waals surface area contributed by atoms with Crippen molar-refractivity contribution in [2.75, 3.05) is 0 Å². The van der Waals surface area contributed by atoms with Crippen LogP contribution in [0.4, 0.5) is 0 Å². The summed E-state index contributed by atoms with van der Waals surface area (Å²) in [4.78, 5) is 11.2. The normalized spacial score (nSPS) is 12.2. The van der Waals surface area contributed by atoms with Crippen molar-refractivity contribution in [3.05, 3.63) is 41.7 Å². The fraction of sp³-hybridized carbons (Fsp3) is 0.429. The molecule has 0 bridgehead atoms. The van der Waals surface area contributed by atoms with Crippen LogP contribution < -0.4 is 0 Å². The van der Waals surface area contributed by atoms with Crippen LogP contribution in [0.15, 0.2) is 30.3 Å². The molecule has 0 amide bonds. The lowest BCUT2D eigenvalue weighted by atomic mass is 9.96. The van der Waals surface area contributed by atoms with E-state index in [0.29, 0.717) is 18.7 Å². The highest BCUT2D eigenvalue weighted by Gasteiger charge is 2.19. The van der Waals surface area contributed by atoms with Gasteiger partial charge in [0, 0.05) is 6.42 Å². The number of carbonyl (C=O) groups is 1. The number of aliphatic carboxylic acids is 1. The summed E-state index contributed by atoms with van der Waals surface area (Å²) in [6.45, 7) is 0. The number of hydrogen-bond acceptors (Lipinski definition) is 4. The van der Waals surface area contributed by atoms with Crippen molar-refractivity contribution in [2.45, 2.75) is 32.1 Å². The van der Waals surface area contributed by atoms with E-state index >= 15 is 0 Å². The van der Waals surface area contributed by atoms with Crippen molar-refractivity contribution in [1.29, 1.82) is 0 Å². The molecule has 0 fully saturated rings. The van der Waals surface area contributed by atoms with E-state index in [4.69, 9.17) is 0 Å². The number of benzene rings is 1. The molecular weight excluding hydrogens is 256 g/mol. The highest BCUT2D eigenvalue weighted by molar-refractivity contribution is 5.70. The van der Waals surface area contributed by atoms with Crippen LogP contribution in [-0.4, -0.2) is 31.7 Å². The quantitative estimate of drug-likeness (QED) is 0.717. The second-order valence-electron chi connectivity index (χ2n) is 4.80. The average molecular weight is 274 g/mol. The van der Waals surface area contributed by atoms with Crippen LogP contribution in [-0.2, 0) is 17.6 Å². The Balaban J connectivity index is 1.74. The van der Waals surface area contributed by atoms with E-state index in [9.17, 15) is 9.90 Å². The van der Waals surface area contributed by atoms with Gasteiger partial charge in [0.15, 0.2) is 5.82 Å². The van der Waals surface area contributed by atoms with Gasteiger partial charge in [0.25, 0.3) is 0 Å². The number of aryl methyl sites for hydroxylation is 1. The van der Waals surface area contributed by atoms with Gasteiger partial charge in [-0.15, -0.1) is 10.2 Å². The molecule has 20 heavy (non-hydrogen) atoms.